The van der Waals surface area contributed by atoms with E-state index in [0.29, 0.717) is 0 Å². The minimum Gasteiger partial charge on any atom is -0.394 e. The maximum Gasteiger partial charge on any atom is 0.187 e. The molecule has 3 aliphatic heterocycles. The number of aliphatic hydroxyl groups is 11. The molecule has 0 aromatic rings. The highest BCUT2D eigenvalue weighted by Gasteiger charge is 2.53. The zero-order valence-corrected chi connectivity index (χ0v) is 17.7. The summed E-state index contributed by atoms with van der Waals surface area (Å²) in [4.78, 5) is 0. The highest BCUT2D eigenvalue weighted by Crippen LogP contribution is 2.32. The summed E-state index contributed by atoms with van der Waals surface area (Å²) < 4.78 is 26.4. The van der Waals surface area contributed by atoms with Gasteiger partial charge in [0.15, 0.2) is 18.9 Å². The molecule has 0 aromatic heterocycles. The van der Waals surface area contributed by atoms with Crippen LogP contribution in [0.25, 0.3) is 0 Å². The molecule has 15 atom stereocenters. The largest absolute Gasteiger partial charge is 0.394 e. The third kappa shape index (κ3) is 5.37. The van der Waals surface area contributed by atoms with E-state index in [9.17, 15) is 56.2 Å². The van der Waals surface area contributed by atoms with Crippen LogP contribution in [0.1, 0.15) is 0 Å². The summed E-state index contributed by atoms with van der Waals surface area (Å²) >= 11 is 0. The van der Waals surface area contributed by atoms with Gasteiger partial charge in [-0.3, -0.25) is 0 Å². The van der Waals surface area contributed by atoms with Crippen LogP contribution >= 0.6 is 0 Å². The normalized spacial score (nSPS) is 52.5. The predicted octanol–water partition coefficient (Wildman–Crippen LogP) is -7.57. The molecule has 200 valence electrons. The summed E-state index contributed by atoms with van der Waals surface area (Å²) in [5, 5.41) is 109. The van der Waals surface area contributed by atoms with E-state index >= 15 is 0 Å². The van der Waals surface area contributed by atoms with Crippen molar-refractivity contribution in [1.29, 1.82) is 0 Å². The minimum absolute atomic E-state index is 0.759. The third-order valence-corrected chi connectivity index (χ3v) is 6.09. The Hall–Kier alpha value is -0.640. The Bertz CT molecular complexity index is 637. The quantitative estimate of drug-likeness (QED) is 0.154. The summed E-state index contributed by atoms with van der Waals surface area (Å²) in [6.45, 7) is -2.34. The summed E-state index contributed by atoms with van der Waals surface area (Å²) in [6.07, 6.45) is -25.4. The van der Waals surface area contributed by atoms with Crippen LogP contribution in [0.5, 0.6) is 0 Å². The highest BCUT2D eigenvalue weighted by atomic mass is 16.7. The predicted molar refractivity (Wildman–Crippen MR) is 101 cm³/mol. The van der Waals surface area contributed by atoms with Crippen LogP contribution in [0.15, 0.2) is 0 Å². The molecule has 34 heavy (non-hydrogen) atoms. The van der Waals surface area contributed by atoms with Gasteiger partial charge >= 0.3 is 0 Å². The second-order valence-electron chi connectivity index (χ2n) is 8.33. The van der Waals surface area contributed by atoms with E-state index in [2.05, 4.69) is 0 Å². The van der Waals surface area contributed by atoms with Crippen molar-refractivity contribution in [3.05, 3.63) is 0 Å². The van der Waals surface area contributed by atoms with Crippen LogP contribution in [0.4, 0.5) is 0 Å². The van der Waals surface area contributed by atoms with Gasteiger partial charge in [-0.1, -0.05) is 0 Å². The molecule has 0 spiro atoms. The smallest absolute Gasteiger partial charge is 0.187 e. The first-order chi connectivity index (χ1) is 16.0. The molecule has 3 aliphatic rings. The molecule has 0 bridgehead atoms. The van der Waals surface area contributed by atoms with E-state index in [-0.39, 0.29) is 0 Å². The first-order valence-electron chi connectivity index (χ1n) is 10.6. The topological polar surface area (TPSA) is 269 Å². The number of aliphatic hydroxyl groups excluding tert-OH is 11. The van der Waals surface area contributed by atoms with Gasteiger partial charge in [-0.05, 0) is 0 Å². The molecule has 11 N–H and O–H groups in total. The van der Waals surface area contributed by atoms with Crippen LogP contribution in [0, 0.1) is 0 Å². The Balaban J connectivity index is 1.78. The molecule has 8 unspecified atom stereocenters. The lowest BCUT2D eigenvalue weighted by molar-refractivity contribution is -0.378. The van der Waals surface area contributed by atoms with E-state index in [4.69, 9.17) is 23.7 Å². The third-order valence-electron chi connectivity index (χ3n) is 6.09. The van der Waals surface area contributed by atoms with Gasteiger partial charge in [0.2, 0.25) is 0 Å². The zero-order valence-electron chi connectivity index (χ0n) is 17.7. The molecule has 0 aromatic carbocycles. The van der Waals surface area contributed by atoms with Crippen LogP contribution in [-0.4, -0.2) is 168 Å². The molecule has 3 fully saturated rings. The molecule has 16 heteroatoms. The SMILES string of the molecule is OCC1O[C@@H](O)C(O)C(O)[C@@H]1O[C@@H]1OC(CO)[C@H](O)[C@H](OC2OC(CO)[C@H](O)[C@H](O)C2O)C1O. The second-order valence-corrected chi connectivity index (χ2v) is 8.33. The van der Waals surface area contributed by atoms with Gasteiger partial charge < -0.3 is 79.9 Å². The molecular weight excluding hydrogens is 472 g/mol. The molecule has 3 rings (SSSR count). The lowest BCUT2D eigenvalue weighted by atomic mass is 9.96. The molecule has 0 radical (unpaired) electrons. The number of rotatable bonds is 7. The van der Waals surface area contributed by atoms with E-state index in [1.54, 1.807) is 0 Å². The Labute approximate surface area is 192 Å². The molecular formula is C18H32O16. The van der Waals surface area contributed by atoms with Gasteiger partial charge in [0, 0.05) is 0 Å². The fraction of sp³-hybridized carbons (Fsp3) is 1.00. The number of hydrogen-bond acceptors (Lipinski definition) is 16. The van der Waals surface area contributed by atoms with Gasteiger partial charge in [0.25, 0.3) is 0 Å². The summed E-state index contributed by atoms with van der Waals surface area (Å²) in [7, 11) is 0. The molecule has 3 heterocycles. The Kier molecular flexibility index (Phi) is 9.54. The van der Waals surface area contributed by atoms with Crippen molar-refractivity contribution in [2.45, 2.75) is 92.1 Å². The van der Waals surface area contributed by atoms with E-state index in [1.165, 1.54) is 0 Å². The maximum atomic E-state index is 10.8. The number of hydrogen-bond donors (Lipinski definition) is 11. The molecule has 3 saturated heterocycles. The van der Waals surface area contributed by atoms with Crippen molar-refractivity contribution in [2.75, 3.05) is 19.8 Å². The van der Waals surface area contributed by atoms with Crippen molar-refractivity contribution < 1.29 is 79.9 Å². The maximum absolute atomic E-state index is 10.8. The lowest BCUT2D eigenvalue weighted by Crippen LogP contribution is -2.66. The van der Waals surface area contributed by atoms with E-state index < -0.39 is 112 Å². The summed E-state index contributed by atoms with van der Waals surface area (Å²) in [5.74, 6) is 0. The summed E-state index contributed by atoms with van der Waals surface area (Å²) in [6, 6.07) is 0. The minimum atomic E-state index is -1.90. The average molecular weight is 504 g/mol. The van der Waals surface area contributed by atoms with Gasteiger partial charge in [-0.25, -0.2) is 0 Å². The molecule has 0 saturated carbocycles. The Morgan fingerprint density at radius 2 is 0.941 bits per heavy atom. The molecule has 0 amide bonds. The van der Waals surface area contributed by atoms with Crippen molar-refractivity contribution in [1.82, 2.24) is 0 Å². The highest BCUT2D eigenvalue weighted by molar-refractivity contribution is 4.96. The van der Waals surface area contributed by atoms with E-state index in [1.807, 2.05) is 0 Å². The van der Waals surface area contributed by atoms with Crippen LogP contribution < -0.4 is 0 Å². The Morgan fingerprint density at radius 3 is 1.50 bits per heavy atom. The summed E-state index contributed by atoms with van der Waals surface area (Å²) in [5.41, 5.74) is 0. The van der Waals surface area contributed by atoms with Crippen LogP contribution in [0.2, 0.25) is 0 Å². The van der Waals surface area contributed by atoms with Crippen molar-refractivity contribution in [3.8, 4) is 0 Å². The number of ether oxygens (including phenoxy) is 5. The van der Waals surface area contributed by atoms with Gasteiger partial charge in [-0.2, -0.15) is 0 Å². The second kappa shape index (κ2) is 11.6. The van der Waals surface area contributed by atoms with E-state index in [0.717, 1.165) is 0 Å². The fourth-order valence-electron chi connectivity index (χ4n) is 4.05. The van der Waals surface area contributed by atoms with Crippen molar-refractivity contribution in [3.63, 3.8) is 0 Å². The average Bonchev–Trinajstić information content (AvgIpc) is 2.83. The molecule has 16 nitrogen and oxygen atoms in total. The monoisotopic (exact) mass is 504 g/mol. The first kappa shape index (κ1) is 27.9. The lowest BCUT2D eigenvalue weighted by Gasteiger charge is -2.47. The van der Waals surface area contributed by atoms with Crippen LogP contribution in [-0.2, 0) is 23.7 Å². The fourth-order valence-corrected chi connectivity index (χ4v) is 4.05. The zero-order chi connectivity index (χ0) is 25.3. The first-order valence-corrected chi connectivity index (χ1v) is 10.6. The Morgan fingerprint density at radius 1 is 0.441 bits per heavy atom. The van der Waals surface area contributed by atoms with Gasteiger partial charge in [0.05, 0.1) is 19.8 Å². The van der Waals surface area contributed by atoms with Gasteiger partial charge in [0.1, 0.15) is 73.2 Å². The van der Waals surface area contributed by atoms with Gasteiger partial charge in [-0.15, -0.1) is 0 Å². The molecule has 0 aliphatic carbocycles. The standard InChI is InChI=1S/C18H32O16/c19-1-4-7(22)9(24)12(27)17(31-4)34-15-8(23)5(2-20)32-18(13(15)28)33-14-6(3-21)30-16(29)11(26)10(14)25/h4-29H,1-3H2/t4?,5?,6?,7-,8-,9-,10?,11?,12?,13?,14+,15-,16+,17?,18-/m0/s1. The van der Waals surface area contributed by atoms with Crippen molar-refractivity contribution >= 4 is 0 Å². The van der Waals surface area contributed by atoms with Crippen molar-refractivity contribution in [2.24, 2.45) is 0 Å². The van der Waals surface area contributed by atoms with Crippen LogP contribution in [0.3, 0.4) is 0 Å².